The molecule has 0 unspecified atom stereocenters. The Bertz CT molecular complexity index is 701. The van der Waals surface area contributed by atoms with Crippen LogP contribution < -0.4 is 4.90 Å². The van der Waals surface area contributed by atoms with Crippen molar-refractivity contribution in [3.8, 4) is 0 Å². The molecular weight excluding hydrogens is 356 g/mol. The topological polar surface area (TPSA) is 31.8 Å². The maximum Gasteiger partial charge on any atom is 0.185 e. The van der Waals surface area contributed by atoms with E-state index in [4.69, 9.17) is 4.74 Å². The molecule has 146 valence electrons. The summed E-state index contributed by atoms with van der Waals surface area (Å²) < 4.78 is 5.45. The number of hydrogen-bond acceptors (Lipinski definition) is 6. The number of anilines is 1. The second-order valence-corrected chi connectivity index (χ2v) is 8.73. The third-order valence-electron chi connectivity index (χ3n) is 5.58. The van der Waals surface area contributed by atoms with Gasteiger partial charge in [-0.1, -0.05) is 30.3 Å². The molecule has 0 aliphatic carbocycles. The van der Waals surface area contributed by atoms with Crippen molar-refractivity contribution in [2.24, 2.45) is 0 Å². The molecule has 0 bridgehead atoms. The number of hydrogen-bond donors (Lipinski definition) is 0. The molecule has 1 aromatic heterocycles. The zero-order chi connectivity index (χ0) is 18.5. The van der Waals surface area contributed by atoms with E-state index >= 15 is 0 Å². The van der Waals surface area contributed by atoms with Gasteiger partial charge in [-0.2, -0.15) is 0 Å². The highest BCUT2D eigenvalue weighted by atomic mass is 32.1. The molecule has 2 aromatic rings. The zero-order valence-corrected chi connectivity index (χ0v) is 17.0. The highest BCUT2D eigenvalue weighted by Gasteiger charge is 2.24. The van der Waals surface area contributed by atoms with Crippen molar-refractivity contribution in [3.63, 3.8) is 0 Å². The Balaban J connectivity index is 1.31. The van der Waals surface area contributed by atoms with Crippen LogP contribution in [0.5, 0.6) is 0 Å². The summed E-state index contributed by atoms with van der Waals surface area (Å²) >= 11 is 1.85. The maximum absolute atomic E-state index is 5.45. The lowest BCUT2D eigenvalue weighted by molar-refractivity contribution is 0.108. The van der Waals surface area contributed by atoms with Crippen LogP contribution in [-0.2, 0) is 17.8 Å². The van der Waals surface area contributed by atoms with Crippen molar-refractivity contribution in [2.75, 3.05) is 51.3 Å². The largest absolute Gasteiger partial charge is 0.378 e. The van der Waals surface area contributed by atoms with Crippen LogP contribution in [0.15, 0.2) is 36.5 Å². The number of benzene rings is 1. The number of likely N-dealkylation sites (N-methyl/N-ethyl adjacent to an activating group) is 1. The van der Waals surface area contributed by atoms with Gasteiger partial charge in [-0.25, -0.2) is 4.98 Å². The minimum Gasteiger partial charge on any atom is -0.378 e. The zero-order valence-electron chi connectivity index (χ0n) is 16.2. The standard InChI is InChI=1S/C21H30N4OS/c1-23(15-18-6-3-2-4-7-18)19-8-5-9-24(16-19)17-20-14-22-21(27-20)25-10-12-26-13-11-25/h2-4,6-7,14,19H,5,8-13,15-17H2,1H3/t19-/m0/s1. The van der Waals surface area contributed by atoms with Gasteiger partial charge in [0.05, 0.1) is 13.2 Å². The number of nitrogens with zero attached hydrogens (tertiary/aromatic N) is 4. The molecule has 1 atom stereocenters. The third-order valence-corrected chi connectivity index (χ3v) is 6.62. The molecule has 4 rings (SSSR count). The molecule has 0 N–H and O–H groups in total. The summed E-state index contributed by atoms with van der Waals surface area (Å²) in [7, 11) is 2.27. The molecule has 5 nitrogen and oxygen atoms in total. The third kappa shape index (κ3) is 5.08. The fraction of sp³-hybridized carbons (Fsp3) is 0.571. The van der Waals surface area contributed by atoms with Gasteiger partial charge in [-0.3, -0.25) is 9.80 Å². The monoisotopic (exact) mass is 386 g/mol. The molecule has 27 heavy (non-hydrogen) atoms. The van der Waals surface area contributed by atoms with Gasteiger partial charge >= 0.3 is 0 Å². The number of piperidine rings is 1. The first-order valence-electron chi connectivity index (χ1n) is 10.0. The lowest BCUT2D eigenvalue weighted by atomic mass is 10.0. The van der Waals surface area contributed by atoms with Gasteiger partial charge in [-0.05, 0) is 32.0 Å². The van der Waals surface area contributed by atoms with Crippen LogP contribution in [0.4, 0.5) is 5.13 Å². The number of likely N-dealkylation sites (tertiary alicyclic amines) is 1. The molecule has 2 aliphatic rings. The van der Waals surface area contributed by atoms with E-state index in [1.54, 1.807) is 0 Å². The molecule has 2 saturated heterocycles. The van der Waals surface area contributed by atoms with E-state index in [0.717, 1.165) is 51.1 Å². The van der Waals surface area contributed by atoms with Gasteiger partial charge in [0.1, 0.15) is 0 Å². The number of morpholine rings is 1. The van der Waals surface area contributed by atoms with Crippen molar-refractivity contribution >= 4 is 16.5 Å². The Morgan fingerprint density at radius 1 is 1.19 bits per heavy atom. The van der Waals surface area contributed by atoms with Gasteiger partial charge in [0, 0.05) is 49.8 Å². The van der Waals surface area contributed by atoms with Crippen molar-refractivity contribution in [1.82, 2.24) is 14.8 Å². The van der Waals surface area contributed by atoms with Crippen LogP contribution in [0.2, 0.25) is 0 Å². The molecule has 1 aromatic carbocycles. The molecule has 2 fully saturated rings. The molecule has 0 amide bonds. The summed E-state index contributed by atoms with van der Waals surface area (Å²) in [6.45, 7) is 7.95. The first kappa shape index (κ1) is 18.9. The second kappa shape index (κ2) is 9.15. The first-order valence-corrected chi connectivity index (χ1v) is 10.8. The fourth-order valence-electron chi connectivity index (χ4n) is 4.03. The summed E-state index contributed by atoms with van der Waals surface area (Å²) in [6.07, 6.45) is 4.65. The lowest BCUT2D eigenvalue weighted by Crippen LogP contribution is -2.45. The van der Waals surface area contributed by atoms with E-state index in [1.807, 2.05) is 11.3 Å². The first-order chi connectivity index (χ1) is 13.3. The van der Waals surface area contributed by atoms with Gasteiger partial charge in [0.25, 0.3) is 0 Å². The van der Waals surface area contributed by atoms with Crippen molar-refractivity contribution in [3.05, 3.63) is 47.0 Å². The predicted molar refractivity (Wildman–Crippen MR) is 111 cm³/mol. The Kier molecular flexibility index (Phi) is 6.39. The minimum absolute atomic E-state index is 0.630. The Labute approximate surface area is 166 Å². The number of thiazole rings is 1. The van der Waals surface area contributed by atoms with Crippen LogP contribution in [0.25, 0.3) is 0 Å². The van der Waals surface area contributed by atoms with Gasteiger partial charge in [0.15, 0.2) is 5.13 Å². The second-order valence-electron chi connectivity index (χ2n) is 7.64. The Morgan fingerprint density at radius 3 is 2.81 bits per heavy atom. The summed E-state index contributed by atoms with van der Waals surface area (Å²) in [5.74, 6) is 0. The summed E-state index contributed by atoms with van der Waals surface area (Å²) in [4.78, 5) is 13.5. The van der Waals surface area contributed by atoms with Crippen LogP contribution in [0, 0.1) is 0 Å². The van der Waals surface area contributed by atoms with Crippen molar-refractivity contribution in [1.29, 1.82) is 0 Å². The van der Waals surface area contributed by atoms with Crippen molar-refractivity contribution < 1.29 is 4.74 Å². The number of aromatic nitrogens is 1. The van der Waals surface area contributed by atoms with E-state index < -0.39 is 0 Å². The molecule has 0 spiro atoms. The number of rotatable bonds is 6. The van der Waals surface area contributed by atoms with Gasteiger partial charge in [0.2, 0.25) is 0 Å². The smallest absolute Gasteiger partial charge is 0.185 e. The predicted octanol–water partition coefficient (Wildman–Crippen LogP) is 3.08. The normalized spacial score (nSPS) is 21.7. The Morgan fingerprint density at radius 2 is 2.00 bits per heavy atom. The lowest BCUT2D eigenvalue weighted by Gasteiger charge is -2.37. The summed E-state index contributed by atoms with van der Waals surface area (Å²) in [6, 6.07) is 11.4. The van der Waals surface area contributed by atoms with E-state index in [9.17, 15) is 0 Å². The number of ether oxygens (including phenoxy) is 1. The Hall–Kier alpha value is -1.47. The fourth-order valence-corrected chi connectivity index (χ4v) is 5.03. The summed E-state index contributed by atoms with van der Waals surface area (Å²) in [5.41, 5.74) is 1.40. The van der Waals surface area contributed by atoms with E-state index in [0.29, 0.717) is 6.04 Å². The van der Waals surface area contributed by atoms with E-state index in [2.05, 4.69) is 63.3 Å². The molecule has 6 heteroatoms. The van der Waals surface area contributed by atoms with Crippen LogP contribution >= 0.6 is 11.3 Å². The highest BCUT2D eigenvalue weighted by molar-refractivity contribution is 7.15. The van der Waals surface area contributed by atoms with Crippen LogP contribution in [-0.4, -0.2) is 67.3 Å². The average Bonchev–Trinajstić information content (AvgIpc) is 3.18. The average molecular weight is 387 g/mol. The van der Waals surface area contributed by atoms with E-state index in [1.165, 1.54) is 29.8 Å². The van der Waals surface area contributed by atoms with Gasteiger partial charge in [-0.15, -0.1) is 11.3 Å². The summed E-state index contributed by atoms with van der Waals surface area (Å²) in [5, 5.41) is 1.16. The minimum atomic E-state index is 0.630. The molecule has 3 heterocycles. The van der Waals surface area contributed by atoms with E-state index in [-0.39, 0.29) is 0 Å². The molecule has 0 radical (unpaired) electrons. The SMILES string of the molecule is CN(Cc1ccccc1)[C@H]1CCCN(Cc2cnc(N3CCOCC3)s2)C1. The van der Waals surface area contributed by atoms with Crippen LogP contribution in [0.1, 0.15) is 23.3 Å². The highest BCUT2D eigenvalue weighted by Crippen LogP contribution is 2.26. The quantitative estimate of drug-likeness (QED) is 0.762. The van der Waals surface area contributed by atoms with Gasteiger partial charge < -0.3 is 9.64 Å². The molecular formula is C21H30N4OS. The maximum atomic E-state index is 5.45. The van der Waals surface area contributed by atoms with Crippen molar-refractivity contribution in [2.45, 2.75) is 32.0 Å². The molecule has 2 aliphatic heterocycles. The van der Waals surface area contributed by atoms with Crippen LogP contribution in [0.3, 0.4) is 0 Å². The molecule has 0 saturated carbocycles.